The molecule has 0 amide bonds. The van der Waals surface area contributed by atoms with Crippen LogP contribution in [-0.4, -0.2) is 54.2 Å². The van der Waals surface area contributed by atoms with E-state index in [1.54, 1.807) is 18.3 Å². The van der Waals surface area contributed by atoms with E-state index < -0.39 is 0 Å². The van der Waals surface area contributed by atoms with E-state index in [9.17, 15) is 4.79 Å². The van der Waals surface area contributed by atoms with Gasteiger partial charge in [-0.05, 0) is 62.6 Å². The van der Waals surface area contributed by atoms with E-state index in [-0.39, 0.29) is 12.1 Å². The van der Waals surface area contributed by atoms with Gasteiger partial charge in [0.15, 0.2) is 0 Å². The van der Waals surface area contributed by atoms with Crippen LogP contribution in [0.2, 0.25) is 0 Å². The van der Waals surface area contributed by atoms with Crippen LogP contribution in [0.25, 0.3) is 0 Å². The molecule has 1 saturated heterocycles. The molecule has 1 aromatic carbocycles. The van der Waals surface area contributed by atoms with Gasteiger partial charge in [0.05, 0.1) is 12.7 Å². The van der Waals surface area contributed by atoms with E-state index in [0.29, 0.717) is 17.5 Å². The minimum atomic E-state index is -0.307. The molecule has 0 spiro atoms. The van der Waals surface area contributed by atoms with Crippen LogP contribution in [0.5, 0.6) is 5.75 Å². The van der Waals surface area contributed by atoms with Crippen molar-refractivity contribution in [2.75, 3.05) is 31.1 Å². The van der Waals surface area contributed by atoms with Gasteiger partial charge in [0.1, 0.15) is 17.1 Å². The molecule has 0 N–H and O–H groups in total. The Balaban J connectivity index is 1.63. The first kappa shape index (κ1) is 24.1. The van der Waals surface area contributed by atoms with Crippen molar-refractivity contribution in [1.29, 1.82) is 0 Å². The number of carbonyl (C=O) groups excluding carboxylic acids is 1. The first-order chi connectivity index (χ1) is 15.4. The summed E-state index contributed by atoms with van der Waals surface area (Å²) in [5.74, 6) is 1.86. The molecule has 1 aliphatic heterocycles. The number of nitrogens with zero attached hydrogens (tertiary/aromatic N) is 3. The Kier molecular flexibility index (Phi) is 8.51. The fourth-order valence-electron chi connectivity index (χ4n) is 4.01. The van der Waals surface area contributed by atoms with Crippen molar-refractivity contribution in [2.45, 2.75) is 59.7 Å². The van der Waals surface area contributed by atoms with Crippen LogP contribution in [0.4, 0.5) is 5.82 Å². The Labute approximate surface area is 192 Å². The maximum Gasteiger partial charge on any atom is 0.342 e. The molecular weight excluding hydrogens is 402 g/mol. The number of carbonyl (C=O) groups is 1. The molecule has 1 aromatic heterocycles. The number of hydrogen-bond donors (Lipinski definition) is 0. The largest absolute Gasteiger partial charge is 0.493 e. The molecular formula is C26H37N3O3. The molecule has 0 radical (unpaired) electrons. The highest BCUT2D eigenvalue weighted by Gasteiger charge is 2.30. The van der Waals surface area contributed by atoms with Gasteiger partial charge in [-0.15, -0.1) is 0 Å². The van der Waals surface area contributed by atoms with Gasteiger partial charge in [-0.2, -0.15) is 0 Å². The fourth-order valence-corrected chi connectivity index (χ4v) is 4.01. The maximum atomic E-state index is 12.5. The zero-order valence-electron chi connectivity index (χ0n) is 20.1. The second-order valence-corrected chi connectivity index (χ2v) is 9.13. The highest BCUT2D eigenvalue weighted by Crippen LogP contribution is 2.26. The van der Waals surface area contributed by atoms with Crippen LogP contribution in [0.15, 0.2) is 42.6 Å². The summed E-state index contributed by atoms with van der Waals surface area (Å²) in [6.45, 7) is 14.6. The third kappa shape index (κ3) is 6.45. The lowest BCUT2D eigenvalue weighted by Crippen LogP contribution is -2.37. The molecule has 2 aromatic rings. The van der Waals surface area contributed by atoms with Gasteiger partial charge >= 0.3 is 5.97 Å². The number of benzene rings is 1. The molecule has 32 heavy (non-hydrogen) atoms. The summed E-state index contributed by atoms with van der Waals surface area (Å²) in [5.41, 5.74) is 1.82. The van der Waals surface area contributed by atoms with Crippen molar-refractivity contribution < 1.29 is 14.3 Å². The van der Waals surface area contributed by atoms with E-state index in [2.05, 4.69) is 59.8 Å². The number of anilines is 1. The predicted octanol–water partition coefficient (Wildman–Crippen LogP) is 4.78. The Hall–Kier alpha value is -2.60. The summed E-state index contributed by atoms with van der Waals surface area (Å²) >= 11 is 0. The zero-order valence-corrected chi connectivity index (χ0v) is 20.1. The van der Waals surface area contributed by atoms with E-state index in [4.69, 9.17) is 9.47 Å². The van der Waals surface area contributed by atoms with Crippen LogP contribution in [-0.2, 0) is 11.3 Å². The number of likely N-dealkylation sites (N-methyl/N-ethyl adjacent to an activating group) is 1. The van der Waals surface area contributed by atoms with Crippen molar-refractivity contribution in [1.82, 2.24) is 9.88 Å². The van der Waals surface area contributed by atoms with Crippen LogP contribution in [0.1, 0.15) is 57.0 Å². The van der Waals surface area contributed by atoms with Crippen molar-refractivity contribution in [3.63, 3.8) is 0 Å². The van der Waals surface area contributed by atoms with Crippen molar-refractivity contribution >= 4 is 11.8 Å². The van der Waals surface area contributed by atoms with Gasteiger partial charge in [-0.3, -0.25) is 4.90 Å². The molecule has 174 valence electrons. The Morgan fingerprint density at radius 2 is 1.94 bits per heavy atom. The molecule has 3 rings (SSSR count). The number of rotatable bonds is 10. The third-order valence-electron chi connectivity index (χ3n) is 5.63. The lowest BCUT2D eigenvalue weighted by atomic mass is 10.1. The molecule has 0 bridgehead atoms. The molecule has 1 atom stereocenters. The van der Waals surface area contributed by atoms with Crippen molar-refractivity contribution in [2.24, 2.45) is 5.92 Å². The summed E-state index contributed by atoms with van der Waals surface area (Å²) in [4.78, 5) is 21.8. The molecule has 2 heterocycles. The Morgan fingerprint density at radius 3 is 2.59 bits per heavy atom. The average Bonchev–Trinajstić information content (AvgIpc) is 3.26. The van der Waals surface area contributed by atoms with E-state index in [0.717, 1.165) is 50.8 Å². The number of hydrogen-bond acceptors (Lipinski definition) is 6. The highest BCUT2D eigenvalue weighted by atomic mass is 16.5. The van der Waals surface area contributed by atoms with E-state index in [1.165, 1.54) is 5.56 Å². The van der Waals surface area contributed by atoms with Gasteiger partial charge in [0.2, 0.25) is 0 Å². The first-order valence-electron chi connectivity index (χ1n) is 11.7. The number of pyridine rings is 1. The Bertz CT molecular complexity index is 867. The third-order valence-corrected chi connectivity index (χ3v) is 5.63. The molecule has 1 aliphatic rings. The molecule has 1 fully saturated rings. The van der Waals surface area contributed by atoms with Crippen molar-refractivity contribution in [3.05, 3.63) is 53.7 Å². The zero-order chi connectivity index (χ0) is 23.1. The lowest BCUT2D eigenvalue weighted by Gasteiger charge is -2.28. The monoisotopic (exact) mass is 439 g/mol. The topological polar surface area (TPSA) is 54.9 Å². The molecule has 6 heteroatoms. The highest BCUT2D eigenvalue weighted by molar-refractivity contribution is 5.94. The average molecular weight is 440 g/mol. The lowest BCUT2D eigenvalue weighted by molar-refractivity contribution is 0.0378. The second kappa shape index (κ2) is 11.3. The minimum Gasteiger partial charge on any atom is -0.493 e. The van der Waals surface area contributed by atoms with Gasteiger partial charge in [0.25, 0.3) is 0 Å². The summed E-state index contributed by atoms with van der Waals surface area (Å²) in [7, 11) is 0. The quantitative estimate of drug-likeness (QED) is 0.497. The summed E-state index contributed by atoms with van der Waals surface area (Å²) in [5, 5.41) is 0. The van der Waals surface area contributed by atoms with Crippen molar-refractivity contribution in [3.8, 4) is 5.75 Å². The van der Waals surface area contributed by atoms with Crippen LogP contribution >= 0.6 is 0 Å². The predicted molar refractivity (Wildman–Crippen MR) is 128 cm³/mol. The molecule has 0 unspecified atom stereocenters. The van der Waals surface area contributed by atoms with Gasteiger partial charge in [0, 0.05) is 31.9 Å². The smallest absolute Gasteiger partial charge is 0.342 e. The SMILES string of the molecule is CCN(Cc1ccc(OCC(C)C)cc1)[C@@H]1CCN(c2ncccc2C(=O)OC(C)C)C1. The van der Waals surface area contributed by atoms with Crippen LogP contribution in [0.3, 0.4) is 0 Å². The summed E-state index contributed by atoms with van der Waals surface area (Å²) < 4.78 is 11.2. The summed E-state index contributed by atoms with van der Waals surface area (Å²) in [6.07, 6.45) is 2.63. The number of esters is 1. The first-order valence-corrected chi connectivity index (χ1v) is 11.7. The normalized spacial score (nSPS) is 16.2. The fraction of sp³-hybridized carbons (Fsp3) is 0.538. The standard InChI is InChI=1S/C26H37N3O3/c1-6-28(16-21-9-11-23(12-10-21)31-18-19(2)3)22-13-15-29(17-22)25-24(8-7-14-27-25)26(30)32-20(4)5/h7-12,14,19-20,22H,6,13,15-18H2,1-5H3/t22-/m1/s1. The second-order valence-electron chi connectivity index (χ2n) is 9.13. The van der Waals surface area contributed by atoms with Crippen LogP contribution < -0.4 is 9.64 Å². The maximum absolute atomic E-state index is 12.5. The van der Waals surface area contributed by atoms with E-state index in [1.807, 2.05) is 13.8 Å². The number of aromatic nitrogens is 1. The van der Waals surface area contributed by atoms with Gasteiger partial charge < -0.3 is 14.4 Å². The van der Waals surface area contributed by atoms with Crippen LogP contribution in [0, 0.1) is 5.92 Å². The summed E-state index contributed by atoms with van der Waals surface area (Å²) in [6, 6.07) is 12.4. The van der Waals surface area contributed by atoms with Gasteiger partial charge in [-0.1, -0.05) is 32.9 Å². The van der Waals surface area contributed by atoms with Gasteiger partial charge in [-0.25, -0.2) is 9.78 Å². The Morgan fingerprint density at radius 1 is 1.19 bits per heavy atom. The minimum absolute atomic E-state index is 0.153. The molecule has 0 aliphatic carbocycles. The number of ether oxygens (including phenoxy) is 2. The molecule has 0 saturated carbocycles. The molecule has 6 nitrogen and oxygen atoms in total. The van der Waals surface area contributed by atoms with E-state index >= 15 is 0 Å².